The molecular weight excluding hydrogens is 739 g/mol. The van der Waals surface area contributed by atoms with Gasteiger partial charge in [-0.15, -0.1) is 0 Å². The molecule has 0 fully saturated rings. The molecule has 8 aromatic carbocycles. The molecule has 0 bridgehead atoms. The summed E-state index contributed by atoms with van der Waals surface area (Å²) < 4.78 is 12.0. The molecule has 278 valence electrons. The quantitative estimate of drug-likeness (QED) is 0.137. The standard InChI is InChI=1S/C53H35N5S/c1-35(16-17-36(2)57-49-15-9-8-14-47(49)48-32-42-12-6-7-13-43(42)33-51(48)57)46-30-31-50(53-52(46)55-59-56-53)58(44-26-22-40(23-27-44)38-10-4-3-5-11-38)45-28-24-41(25-29-45)39-20-18-37(34-54)19-21-39/h3-33H,1-2H2/b17-16-. The van der Waals surface area contributed by atoms with E-state index in [-0.39, 0.29) is 0 Å². The SMILES string of the molecule is C=C(/C=C\C(=C)n1c2ccccc2c2cc3ccccc3cc21)c1ccc(N(c2ccc(-c3ccccc3)cc2)c2ccc(-c3ccc(C#N)cc3)cc2)c2nsnc12. The van der Waals surface area contributed by atoms with Gasteiger partial charge < -0.3 is 9.47 Å². The predicted octanol–water partition coefficient (Wildman–Crippen LogP) is 14.4. The third-order valence-corrected chi connectivity index (χ3v) is 11.5. The van der Waals surface area contributed by atoms with Gasteiger partial charge >= 0.3 is 0 Å². The van der Waals surface area contributed by atoms with Crippen LogP contribution in [-0.4, -0.2) is 13.3 Å². The Balaban J connectivity index is 1.02. The molecule has 0 spiro atoms. The lowest BCUT2D eigenvalue weighted by Crippen LogP contribution is -2.11. The normalized spacial score (nSPS) is 11.4. The highest BCUT2D eigenvalue weighted by atomic mass is 32.1. The maximum absolute atomic E-state index is 9.30. The van der Waals surface area contributed by atoms with Gasteiger partial charge in [-0.1, -0.05) is 128 Å². The van der Waals surface area contributed by atoms with Crippen LogP contribution < -0.4 is 4.90 Å². The van der Waals surface area contributed by atoms with E-state index in [9.17, 15) is 5.26 Å². The first kappa shape index (κ1) is 35.6. The Kier molecular flexibility index (Phi) is 8.98. The molecule has 0 aliphatic rings. The molecule has 0 radical (unpaired) electrons. The number of hydrogen-bond donors (Lipinski definition) is 0. The molecule has 10 rings (SSSR count). The number of allylic oxidation sites excluding steroid dienone is 4. The van der Waals surface area contributed by atoms with Crippen LogP contribution in [0.2, 0.25) is 0 Å². The lowest BCUT2D eigenvalue weighted by Gasteiger charge is -2.26. The molecule has 0 N–H and O–H groups in total. The molecule has 0 amide bonds. The predicted molar refractivity (Wildman–Crippen MR) is 248 cm³/mol. The van der Waals surface area contributed by atoms with Crippen molar-refractivity contribution in [3.63, 3.8) is 0 Å². The van der Waals surface area contributed by atoms with E-state index >= 15 is 0 Å². The molecule has 0 atom stereocenters. The van der Waals surface area contributed by atoms with E-state index in [1.165, 1.54) is 33.3 Å². The Hall–Kier alpha value is -7.85. The largest absolute Gasteiger partial charge is 0.310 e. The van der Waals surface area contributed by atoms with E-state index in [1.807, 2.05) is 42.5 Å². The van der Waals surface area contributed by atoms with Gasteiger partial charge in [0.15, 0.2) is 0 Å². The van der Waals surface area contributed by atoms with Gasteiger partial charge in [-0.05, 0) is 111 Å². The minimum Gasteiger partial charge on any atom is -0.310 e. The van der Waals surface area contributed by atoms with Crippen molar-refractivity contribution < 1.29 is 0 Å². The number of aromatic nitrogens is 3. The zero-order chi connectivity index (χ0) is 39.9. The Morgan fingerprint density at radius 3 is 1.81 bits per heavy atom. The third kappa shape index (κ3) is 6.46. The first-order valence-electron chi connectivity index (χ1n) is 19.3. The number of nitrogens with zero attached hydrogens (tertiary/aromatic N) is 5. The molecule has 0 saturated heterocycles. The van der Waals surface area contributed by atoms with Gasteiger partial charge in [0, 0.05) is 33.4 Å². The van der Waals surface area contributed by atoms with Crippen molar-refractivity contribution in [1.29, 1.82) is 5.26 Å². The van der Waals surface area contributed by atoms with Gasteiger partial charge in [0.1, 0.15) is 11.0 Å². The van der Waals surface area contributed by atoms with Crippen LogP contribution in [0.3, 0.4) is 0 Å². The number of nitriles is 1. The summed E-state index contributed by atoms with van der Waals surface area (Å²) in [5, 5.41) is 14.1. The Morgan fingerprint density at radius 2 is 1.14 bits per heavy atom. The molecule has 0 saturated carbocycles. The molecule has 6 heteroatoms. The van der Waals surface area contributed by atoms with Gasteiger partial charge in [0.2, 0.25) is 0 Å². The van der Waals surface area contributed by atoms with Gasteiger partial charge in [0.25, 0.3) is 0 Å². The average molecular weight is 774 g/mol. The van der Waals surface area contributed by atoms with Crippen LogP contribution in [0, 0.1) is 11.3 Å². The molecule has 59 heavy (non-hydrogen) atoms. The summed E-state index contributed by atoms with van der Waals surface area (Å²) in [5.74, 6) is 0. The summed E-state index contributed by atoms with van der Waals surface area (Å²) in [7, 11) is 0. The van der Waals surface area contributed by atoms with Crippen LogP contribution in [0.1, 0.15) is 11.1 Å². The first-order chi connectivity index (χ1) is 29.0. The highest BCUT2D eigenvalue weighted by Crippen LogP contribution is 2.42. The maximum Gasteiger partial charge on any atom is 0.129 e. The molecular formula is C53H35N5S. The van der Waals surface area contributed by atoms with Crippen molar-refractivity contribution in [2.24, 2.45) is 0 Å². The number of para-hydroxylation sites is 1. The number of hydrogen-bond acceptors (Lipinski definition) is 5. The van der Waals surface area contributed by atoms with Crippen LogP contribution >= 0.6 is 11.7 Å². The zero-order valence-electron chi connectivity index (χ0n) is 32.0. The van der Waals surface area contributed by atoms with Gasteiger partial charge in [-0.3, -0.25) is 0 Å². The van der Waals surface area contributed by atoms with Crippen molar-refractivity contribution in [3.8, 4) is 28.3 Å². The molecule has 0 aliphatic carbocycles. The van der Waals surface area contributed by atoms with Crippen LogP contribution in [0.4, 0.5) is 17.1 Å². The molecule has 2 heterocycles. The van der Waals surface area contributed by atoms with Crippen LogP contribution in [0.15, 0.2) is 201 Å². The molecule has 0 aliphatic heterocycles. The molecule has 5 nitrogen and oxygen atoms in total. The number of anilines is 3. The second-order valence-corrected chi connectivity index (χ2v) is 15.0. The Morgan fingerprint density at radius 1 is 0.559 bits per heavy atom. The fraction of sp³-hybridized carbons (Fsp3) is 0. The third-order valence-electron chi connectivity index (χ3n) is 11.0. The van der Waals surface area contributed by atoms with Crippen LogP contribution in [0.25, 0.3) is 77.1 Å². The van der Waals surface area contributed by atoms with Crippen molar-refractivity contribution >= 4 is 83.7 Å². The molecule has 10 aromatic rings. The second kappa shape index (κ2) is 14.9. The summed E-state index contributed by atoms with van der Waals surface area (Å²) >= 11 is 1.20. The zero-order valence-corrected chi connectivity index (χ0v) is 32.8. The van der Waals surface area contributed by atoms with Gasteiger partial charge in [-0.25, -0.2) is 0 Å². The maximum atomic E-state index is 9.30. The summed E-state index contributed by atoms with van der Waals surface area (Å²) in [6.07, 6.45) is 4.07. The molecule has 2 aromatic heterocycles. The summed E-state index contributed by atoms with van der Waals surface area (Å²) in [4.78, 5) is 2.23. The monoisotopic (exact) mass is 773 g/mol. The fourth-order valence-electron chi connectivity index (χ4n) is 8.02. The van der Waals surface area contributed by atoms with E-state index in [4.69, 9.17) is 8.75 Å². The van der Waals surface area contributed by atoms with Crippen molar-refractivity contribution in [2.75, 3.05) is 4.90 Å². The van der Waals surface area contributed by atoms with Crippen LogP contribution in [0.5, 0.6) is 0 Å². The average Bonchev–Trinajstić information content (AvgIpc) is 3.92. The topological polar surface area (TPSA) is 57.7 Å². The van der Waals surface area contributed by atoms with E-state index in [0.717, 1.165) is 78.2 Å². The summed E-state index contributed by atoms with van der Waals surface area (Å²) in [6.45, 7) is 9.07. The van der Waals surface area contributed by atoms with Gasteiger partial charge in [-0.2, -0.15) is 14.0 Å². The number of rotatable bonds is 9. The summed E-state index contributed by atoms with van der Waals surface area (Å²) in [6, 6.07) is 63.1. The fourth-order valence-corrected chi connectivity index (χ4v) is 8.59. The highest BCUT2D eigenvalue weighted by molar-refractivity contribution is 7.00. The van der Waals surface area contributed by atoms with Crippen molar-refractivity contribution in [1.82, 2.24) is 13.3 Å². The summed E-state index contributed by atoms with van der Waals surface area (Å²) in [5.41, 5.74) is 14.3. The van der Waals surface area contributed by atoms with Crippen molar-refractivity contribution in [3.05, 3.63) is 212 Å². The minimum atomic E-state index is 0.639. The highest BCUT2D eigenvalue weighted by Gasteiger charge is 2.21. The second-order valence-electron chi connectivity index (χ2n) is 14.5. The van der Waals surface area contributed by atoms with E-state index in [1.54, 1.807) is 0 Å². The minimum absolute atomic E-state index is 0.639. The van der Waals surface area contributed by atoms with E-state index in [2.05, 4.69) is 174 Å². The number of fused-ring (bicyclic) bond motifs is 5. The smallest absolute Gasteiger partial charge is 0.129 e. The Labute approximate surface area is 346 Å². The molecule has 0 unspecified atom stereocenters. The van der Waals surface area contributed by atoms with Crippen LogP contribution in [-0.2, 0) is 0 Å². The Bertz CT molecular complexity index is 3290. The lowest BCUT2D eigenvalue weighted by molar-refractivity contribution is 1.25. The van der Waals surface area contributed by atoms with Crippen molar-refractivity contribution in [2.45, 2.75) is 0 Å². The van der Waals surface area contributed by atoms with Gasteiger partial charge in [0.05, 0.1) is 40.1 Å². The lowest BCUT2D eigenvalue weighted by atomic mass is 10.0. The van der Waals surface area contributed by atoms with E-state index in [0.29, 0.717) is 5.56 Å². The number of benzene rings is 8. The van der Waals surface area contributed by atoms with E-state index < -0.39 is 0 Å². The first-order valence-corrected chi connectivity index (χ1v) is 20.1.